The number of hydrogen-bond acceptors (Lipinski definition) is 2. The van der Waals surface area contributed by atoms with Gasteiger partial charge in [0, 0.05) is 0 Å². The second kappa shape index (κ2) is 3.46. The summed E-state index contributed by atoms with van der Waals surface area (Å²) in [6, 6.07) is 9.10. The van der Waals surface area contributed by atoms with Crippen LogP contribution < -0.4 is 5.63 Å². The zero-order chi connectivity index (χ0) is 10.1. The molecule has 0 N–H and O–H groups in total. The molecule has 0 unspecified atom stereocenters. The van der Waals surface area contributed by atoms with Crippen molar-refractivity contribution in [2.45, 2.75) is 12.3 Å². The van der Waals surface area contributed by atoms with Gasteiger partial charge in [-0.1, -0.05) is 18.2 Å². The molecule has 14 heavy (non-hydrogen) atoms. The molecule has 0 aliphatic rings. The van der Waals surface area contributed by atoms with Crippen molar-refractivity contribution in [3.05, 3.63) is 46.5 Å². The van der Waals surface area contributed by atoms with Gasteiger partial charge in [-0.15, -0.1) is 11.6 Å². The quantitative estimate of drug-likeness (QED) is 0.675. The maximum atomic E-state index is 11.5. The van der Waals surface area contributed by atoms with Crippen LogP contribution in [0.4, 0.5) is 0 Å². The molecular weight excluding hydrogens is 200 g/mol. The predicted molar refractivity (Wildman–Crippen MR) is 56.8 cm³/mol. The van der Waals surface area contributed by atoms with Crippen LogP contribution in [0.25, 0.3) is 10.8 Å². The summed E-state index contributed by atoms with van der Waals surface area (Å²) in [5.74, 6) is 0.510. The summed E-state index contributed by atoms with van der Waals surface area (Å²) in [6.07, 6.45) is 0. The first kappa shape index (κ1) is 9.28. The average molecular weight is 209 g/mol. The van der Waals surface area contributed by atoms with Crippen molar-refractivity contribution in [2.75, 3.05) is 0 Å². The fourth-order valence-corrected chi connectivity index (χ4v) is 1.46. The van der Waals surface area contributed by atoms with E-state index in [1.54, 1.807) is 19.1 Å². The van der Waals surface area contributed by atoms with Crippen LogP contribution in [0.15, 0.2) is 39.5 Å². The Morgan fingerprint density at radius 2 is 2.07 bits per heavy atom. The van der Waals surface area contributed by atoms with Gasteiger partial charge >= 0.3 is 5.63 Å². The van der Waals surface area contributed by atoms with Crippen molar-refractivity contribution in [3.63, 3.8) is 0 Å². The summed E-state index contributed by atoms with van der Waals surface area (Å²) in [5, 5.41) is 1.17. The van der Waals surface area contributed by atoms with Gasteiger partial charge < -0.3 is 4.42 Å². The molecule has 72 valence electrons. The third-order valence-corrected chi connectivity index (χ3v) is 2.30. The Balaban J connectivity index is 2.79. The van der Waals surface area contributed by atoms with E-state index in [2.05, 4.69) is 0 Å². The Kier molecular flexibility index (Phi) is 2.30. The van der Waals surface area contributed by atoms with Crippen LogP contribution in [0, 0.1) is 0 Å². The lowest BCUT2D eigenvalue weighted by Gasteiger charge is -2.02. The third-order valence-electron chi connectivity index (χ3n) is 2.08. The molecule has 2 nitrogen and oxygen atoms in total. The fraction of sp³-hybridized carbons (Fsp3) is 0.182. The monoisotopic (exact) mass is 208 g/mol. The molecular formula is C11H9ClO2. The highest BCUT2D eigenvalue weighted by Gasteiger charge is 2.07. The number of alkyl halides is 1. The highest BCUT2D eigenvalue weighted by atomic mass is 35.5. The molecule has 0 aliphatic carbocycles. The number of halogens is 1. The van der Waals surface area contributed by atoms with E-state index in [1.807, 2.05) is 18.2 Å². The van der Waals surface area contributed by atoms with Crippen LogP contribution in [0.3, 0.4) is 0 Å². The van der Waals surface area contributed by atoms with Crippen LogP contribution >= 0.6 is 11.6 Å². The van der Waals surface area contributed by atoms with E-state index in [-0.39, 0.29) is 11.0 Å². The van der Waals surface area contributed by atoms with Gasteiger partial charge in [0.2, 0.25) is 0 Å². The van der Waals surface area contributed by atoms with Crippen LogP contribution in [0.5, 0.6) is 0 Å². The molecule has 1 aromatic heterocycles. The Morgan fingerprint density at radius 3 is 2.79 bits per heavy atom. The number of fused-ring (bicyclic) bond motifs is 1. The van der Waals surface area contributed by atoms with Crippen molar-refractivity contribution in [2.24, 2.45) is 0 Å². The van der Waals surface area contributed by atoms with E-state index in [0.29, 0.717) is 11.1 Å². The Bertz CT molecular complexity index is 514. The number of benzene rings is 1. The Hall–Kier alpha value is -1.28. The minimum absolute atomic E-state index is 0.285. The number of hydrogen-bond donors (Lipinski definition) is 0. The summed E-state index contributed by atoms with van der Waals surface area (Å²) in [4.78, 5) is 11.5. The van der Waals surface area contributed by atoms with Gasteiger partial charge in [0.05, 0.1) is 10.8 Å². The zero-order valence-corrected chi connectivity index (χ0v) is 8.41. The normalized spacial score (nSPS) is 13.0. The van der Waals surface area contributed by atoms with E-state index < -0.39 is 0 Å². The molecule has 0 fully saturated rings. The van der Waals surface area contributed by atoms with Gasteiger partial charge in [-0.25, -0.2) is 4.79 Å². The topological polar surface area (TPSA) is 30.2 Å². The largest absolute Gasteiger partial charge is 0.426 e. The van der Waals surface area contributed by atoms with Gasteiger partial charge in [-0.3, -0.25) is 0 Å². The summed E-state index contributed by atoms with van der Waals surface area (Å²) in [5.41, 5.74) is -0.328. The molecule has 1 aromatic carbocycles. The lowest BCUT2D eigenvalue weighted by Crippen LogP contribution is -2.02. The smallest absolute Gasteiger partial charge is 0.343 e. The molecule has 0 amide bonds. The standard InChI is InChI=1S/C11H9ClO2/c1-7(12)10-6-8-4-2-3-5-9(8)11(13)14-10/h2-7H,1H3/t7-/m0/s1. The summed E-state index contributed by atoms with van der Waals surface area (Å²) in [7, 11) is 0. The van der Waals surface area contributed by atoms with Crippen molar-refractivity contribution in [1.29, 1.82) is 0 Å². The average Bonchev–Trinajstić information content (AvgIpc) is 2.17. The molecule has 1 atom stereocenters. The Morgan fingerprint density at radius 1 is 1.36 bits per heavy atom. The molecule has 0 aliphatic heterocycles. The van der Waals surface area contributed by atoms with E-state index in [1.165, 1.54) is 0 Å². The summed E-state index contributed by atoms with van der Waals surface area (Å²) < 4.78 is 5.06. The van der Waals surface area contributed by atoms with Crippen molar-refractivity contribution in [1.82, 2.24) is 0 Å². The van der Waals surface area contributed by atoms with E-state index in [9.17, 15) is 4.79 Å². The minimum atomic E-state index is -0.328. The van der Waals surface area contributed by atoms with Crippen LogP contribution in [0.2, 0.25) is 0 Å². The van der Waals surface area contributed by atoms with Crippen molar-refractivity contribution >= 4 is 22.4 Å². The maximum absolute atomic E-state index is 11.5. The molecule has 0 saturated carbocycles. The highest BCUT2D eigenvalue weighted by Crippen LogP contribution is 2.21. The second-order valence-corrected chi connectivity index (χ2v) is 3.79. The van der Waals surface area contributed by atoms with Crippen molar-refractivity contribution in [3.8, 4) is 0 Å². The lowest BCUT2D eigenvalue weighted by molar-refractivity contribution is 0.468. The molecule has 1 heterocycles. The Labute approximate surface area is 86.1 Å². The van der Waals surface area contributed by atoms with Crippen LogP contribution in [-0.4, -0.2) is 0 Å². The first-order valence-electron chi connectivity index (χ1n) is 4.35. The summed E-state index contributed by atoms with van der Waals surface area (Å²) >= 11 is 5.84. The molecule has 2 rings (SSSR count). The molecule has 0 spiro atoms. The van der Waals surface area contributed by atoms with Gasteiger partial charge in [0.25, 0.3) is 0 Å². The fourth-order valence-electron chi connectivity index (χ4n) is 1.35. The highest BCUT2D eigenvalue weighted by molar-refractivity contribution is 6.20. The van der Waals surface area contributed by atoms with Crippen molar-refractivity contribution < 1.29 is 4.42 Å². The van der Waals surface area contributed by atoms with Gasteiger partial charge in [0.1, 0.15) is 5.76 Å². The second-order valence-electron chi connectivity index (χ2n) is 3.14. The van der Waals surface area contributed by atoms with Gasteiger partial charge in [0.15, 0.2) is 0 Å². The molecule has 2 aromatic rings. The van der Waals surface area contributed by atoms with Gasteiger partial charge in [-0.05, 0) is 24.4 Å². The molecule has 0 radical (unpaired) electrons. The molecule has 0 bridgehead atoms. The number of rotatable bonds is 1. The van der Waals surface area contributed by atoms with E-state index in [4.69, 9.17) is 16.0 Å². The maximum Gasteiger partial charge on any atom is 0.343 e. The van der Waals surface area contributed by atoms with Crippen LogP contribution in [0.1, 0.15) is 18.1 Å². The minimum Gasteiger partial charge on any atom is -0.426 e. The first-order valence-corrected chi connectivity index (χ1v) is 4.79. The lowest BCUT2D eigenvalue weighted by atomic mass is 10.1. The molecule has 0 saturated heterocycles. The zero-order valence-electron chi connectivity index (χ0n) is 7.66. The SMILES string of the molecule is C[C@H](Cl)c1cc2ccccc2c(=O)o1. The summed E-state index contributed by atoms with van der Waals surface area (Å²) in [6.45, 7) is 1.77. The van der Waals surface area contributed by atoms with E-state index >= 15 is 0 Å². The van der Waals surface area contributed by atoms with E-state index in [0.717, 1.165) is 5.39 Å². The van der Waals surface area contributed by atoms with Gasteiger partial charge in [-0.2, -0.15) is 0 Å². The molecule has 3 heteroatoms. The first-order chi connectivity index (χ1) is 6.68. The predicted octanol–water partition coefficient (Wildman–Crippen LogP) is 3.09. The third kappa shape index (κ3) is 1.53. The van der Waals surface area contributed by atoms with Crippen LogP contribution in [-0.2, 0) is 0 Å².